The third kappa shape index (κ3) is 6.84. The Kier molecular flexibility index (Phi) is 10.5. The van der Waals surface area contributed by atoms with Gasteiger partial charge in [-0.05, 0) is 34.2 Å². The molecule has 7 rings (SSSR count). The van der Waals surface area contributed by atoms with E-state index >= 15 is 0 Å². The van der Waals surface area contributed by atoms with Crippen molar-refractivity contribution in [2.45, 2.75) is 27.8 Å². The van der Waals surface area contributed by atoms with E-state index in [0.29, 0.717) is 10.8 Å². The van der Waals surface area contributed by atoms with E-state index in [4.69, 9.17) is 4.98 Å². The molecule has 3 aromatic carbocycles. The zero-order valence-electron chi connectivity index (χ0n) is 27.7. The molecule has 0 saturated carbocycles. The summed E-state index contributed by atoms with van der Waals surface area (Å²) in [5.41, 5.74) is 1.26. The second-order valence-corrected chi connectivity index (χ2v) is 15.5. The molecule has 4 heterocycles. The van der Waals surface area contributed by atoms with Crippen LogP contribution in [0.3, 0.4) is 0 Å². The summed E-state index contributed by atoms with van der Waals surface area (Å²) in [7, 11) is 0. The second kappa shape index (κ2) is 15.3. The van der Waals surface area contributed by atoms with Gasteiger partial charge in [0.05, 0.1) is 12.3 Å². The maximum Gasteiger partial charge on any atom is 0.316 e. The Labute approximate surface area is 313 Å². The predicted octanol–water partition coefficient (Wildman–Crippen LogP) is 5.79. The van der Waals surface area contributed by atoms with Crippen molar-refractivity contribution in [1.29, 1.82) is 0 Å². The number of pyridine rings is 1. The fourth-order valence-corrected chi connectivity index (χ4v) is 9.66. The van der Waals surface area contributed by atoms with Gasteiger partial charge in [-0.1, -0.05) is 109 Å². The van der Waals surface area contributed by atoms with E-state index in [9.17, 15) is 24.6 Å². The molecular weight excluding hydrogens is 715 g/mol. The van der Waals surface area contributed by atoms with Crippen LogP contribution in [-0.4, -0.2) is 73.2 Å². The van der Waals surface area contributed by atoms with Gasteiger partial charge in [0, 0.05) is 35.0 Å². The number of aliphatic carboxylic acids is 1. The van der Waals surface area contributed by atoms with Gasteiger partial charge in [-0.3, -0.25) is 19.4 Å². The number of aliphatic hydroxyl groups is 1. The van der Waals surface area contributed by atoms with Gasteiger partial charge in [-0.2, -0.15) is 0 Å². The van der Waals surface area contributed by atoms with Crippen molar-refractivity contribution in [2.75, 3.05) is 24.2 Å². The number of aromatic nitrogens is 2. The first-order chi connectivity index (χ1) is 25.3. The average molecular weight is 750 g/mol. The van der Waals surface area contributed by atoms with Crippen molar-refractivity contribution in [3.63, 3.8) is 0 Å². The minimum Gasteiger partial charge on any atom is -0.481 e. The quantitative estimate of drug-likeness (QED) is 0.0663. The van der Waals surface area contributed by atoms with Crippen molar-refractivity contribution in [3.8, 4) is 0 Å². The summed E-state index contributed by atoms with van der Waals surface area (Å²) in [6, 6.07) is 33.1. The topological polar surface area (TPSA) is 145 Å². The molecule has 0 radical (unpaired) electrons. The Bertz CT molecular complexity index is 1960. The first-order valence-electron chi connectivity index (χ1n) is 16.6. The van der Waals surface area contributed by atoms with Crippen LogP contribution in [0.4, 0.5) is 5.13 Å². The number of nitrogens with one attached hydrogen (secondary N) is 2. The Morgan fingerprint density at radius 1 is 0.981 bits per heavy atom. The Morgan fingerprint density at radius 2 is 1.62 bits per heavy atom. The number of amides is 2. The molecule has 4 atom stereocenters. The smallest absolute Gasteiger partial charge is 0.316 e. The fraction of sp³-hybridized carbons (Fsp3) is 0.205. The summed E-state index contributed by atoms with van der Waals surface area (Å²) in [5, 5.41) is 30.7. The van der Waals surface area contributed by atoms with Crippen LogP contribution in [0.1, 0.15) is 28.3 Å². The number of rotatable bonds is 13. The van der Waals surface area contributed by atoms with Gasteiger partial charge in [0.2, 0.25) is 11.8 Å². The molecule has 2 saturated heterocycles. The Morgan fingerprint density at radius 3 is 2.17 bits per heavy atom. The lowest BCUT2D eigenvalue weighted by molar-refractivity contribution is -0.156. The molecule has 2 aliphatic rings. The third-order valence-corrected chi connectivity index (χ3v) is 12.5. The normalized spacial score (nSPS) is 20.5. The SMILES string of the molecule is O=C(NC1C(=O)N2CC(C=CSc3cccnc3)(C(=O)O)CS[C@H]12)C(CO)c1csc(NC(c2ccccc2)(c2ccccc2)c2ccccc2)n1. The zero-order chi connectivity index (χ0) is 36.1. The maximum atomic E-state index is 13.6. The summed E-state index contributed by atoms with van der Waals surface area (Å²) in [5.74, 6) is -2.70. The van der Waals surface area contributed by atoms with Crippen LogP contribution >= 0.6 is 34.9 Å². The molecule has 52 heavy (non-hydrogen) atoms. The predicted molar refractivity (Wildman–Crippen MR) is 204 cm³/mol. The molecule has 3 unspecified atom stereocenters. The highest BCUT2D eigenvalue weighted by atomic mass is 32.2. The minimum atomic E-state index is -1.27. The molecule has 2 aliphatic heterocycles. The molecule has 2 fully saturated rings. The van der Waals surface area contributed by atoms with Crippen LogP contribution in [-0.2, 0) is 19.9 Å². The van der Waals surface area contributed by atoms with Crippen LogP contribution in [0.5, 0.6) is 0 Å². The number of carboxylic acids is 1. The summed E-state index contributed by atoms with van der Waals surface area (Å²) in [6.07, 6.45) is 4.99. The number of aliphatic hydroxyl groups excluding tert-OH is 1. The number of nitrogens with zero attached hydrogens (tertiary/aromatic N) is 3. The summed E-state index contributed by atoms with van der Waals surface area (Å²) < 4.78 is 0. The van der Waals surface area contributed by atoms with Crippen molar-refractivity contribution < 1.29 is 24.6 Å². The summed E-state index contributed by atoms with van der Waals surface area (Å²) in [4.78, 5) is 50.7. The van der Waals surface area contributed by atoms with Gasteiger partial charge in [-0.25, -0.2) is 4.98 Å². The van der Waals surface area contributed by atoms with Crippen LogP contribution in [0.25, 0.3) is 0 Å². The molecule has 264 valence electrons. The molecule has 5 aromatic rings. The number of carboxylic acid groups (broad SMARTS) is 1. The number of hydrogen-bond acceptors (Lipinski definition) is 10. The van der Waals surface area contributed by atoms with Crippen molar-refractivity contribution in [1.82, 2.24) is 20.2 Å². The molecule has 10 nitrogen and oxygen atoms in total. The van der Waals surface area contributed by atoms with Gasteiger partial charge < -0.3 is 25.7 Å². The highest BCUT2D eigenvalue weighted by Crippen LogP contribution is 2.44. The highest BCUT2D eigenvalue weighted by Gasteiger charge is 2.57. The first-order valence-corrected chi connectivity index (χ1v) is 19.4. The van der Waals surface area contributed by atoms with Gasteiger partial charge in [0.25, 0.3) is 0 Å². The van der Waals surface area contributed by atoms with Crippen LogP contribution in [0.15, 0.2) is 137 Å². The lowest BCUT2D eigenvalue weighted by Crippen LogP contribution is -2.73. The van der Waals surface area contributed by atoms with E-state index in [-0.39, 0.29) is 18.2 Å². The monoisotopic (exact) mass is 749 g/mol. The Hall–Kier alpha value is -4.95. The van der Waals surface area contributed by atoms with Crippen LogP contribution < -0.4 is 10.6 Å². The second-order valence-electron chi connectivity index (χ2n) is 12.5. The van der Waals surface area contributed by atoms with Gasteiger partial charge in [0.1, 0.15) is 28.3 Å². The summed E-state index contributed by atoms with van der Waals surface area (Å²) in [6.45, 7) is -0.522. The molecule has 0 aliphatic carbocycles. The number of hydrogen-bond donors (Lipinski definition) is 4. The van der Waals surface area contributed by atoms with E-state index in [1.165, 1.54) is 39.8 Å². The van der Waals surface area contributed by atoms with Crippen LogP contribution in [0, 0.1) is 5.41 Å². The number of thioether (sulfide) groups is 2. The van der Waals surface area contributed by atoms with Gasteiger partial charge in [0.15, 0.2) is 5.13 Å². The molecule has 0 bridgehead atoms. The number of carbonyl (C=O) groups is 3. The molecule has 4 N–H and O–H groups in total. The Balaban J connectivity index is 1.07. The number of benzene rings is 3. The van der Waals surface area contributed by atoms with E-state index < -0.39 is 46.8 Å². The number of carbonyl (C=O) groups excluding carboxylic acids is 2. The highest BCUT2D eigenvalue weighted by molar-refractivity contribution is 8.02. The van der Waals surface area contributed by atoms with Crippen molar-refractivity contribution >= 4 is 57.8 Å². The standard InChI is InChI=1S/C39H35N5O5S3/c45-22-30(33(46)42-32-34(47)44-24-38(36(48)49,25-52-35(32)44)18-20-50-29-17-10-19-40-21-29)31-23-51-37(41-31)43-39(26-11-4-1-5-12-26,27-13-6-2-7-14-27)28-15-8-3-9-16-28/h1-21,23,30,32,35,45H,22,24-25H2,(H,41,43)(H,42,46)(H,48,49)/t30?,32?,35-,38?/m1/s1. The minimum absolute atomic E-state index is 0.00809. The molecule has 2 amide bonds. The van der Waals surface area contributed by atoms with Crippen molar-refractivity contribution in [3.05, 3.63) is 155 Å². The fourth-order valence-electron chi connectivity index (χ4n) is 6.57. The number of β-lactam (4-membered cyclic amide) rings is 1. The van der Waals surface area contributed by atoms with E-state index in [0.717, 1.165) is 21.6 Å². The molecular formula is C39H35N5O5S3. The molecule has 0 spiro atoms. The van der Waals surface area contributed by atoms with Crippen molar-refractivity contribution in [2.24, 2.45) is 5.41 Å². The lowest BCUT2D eigenvalue weighted by atomic mass is 9.77. The van der Waals surface area contributed by atoms with E-state index in [1.54, 1.807) is 35.3 Å². The maximum absolute atomic E-state index is 13.6. The largest absolute Gasteiger partial charge is 0.481 e. The van der Waals surface area contributed by atoms with Gasteiger partial charge >= 0.3 is 5.97 Å². The number of fused-ring (bicyclic) bond motifs is 1. The number of anilines is 1. The van der Waals surface area contributed by atoms with Gasteiger partial charge in [-0.15, -0.1) is 23.1 Å². The first kappa shape index (κ1) is 35.5. The lowest BCUT2D eigenvalue weighted by Gasteiger charge is -2.53. The molecule has 2 aromatic heterocycles. The third-order valence-electron chi connectivity index (χ3n) is 9.35. The van der Waals surface area contributed by atoms with E-state index in [1.807, 2.05) is 60.7 Å². The number of thiazole rings is 1. The zero-order valence-corrected chi connectivity index (χ0v) is 30.2. The molecule has 13 heteroatoms. The van der Waals surface area contributed by atoms with E-state index in [2.05, 4.69) is 52.0 Å². The average Bonchev–Trinajstić information content (AvgIpc) is 3.65. The van der Waals surface area contributed by atoms with Crippen LogP contribution in [0.2, 0.25) is 0 Å². The summed E-state index contributed by atoms with van der Waals surface area (Å²) >= 11 is 4.00.